The second kappa shape index (κ2) is 5.64. The van der Waals surface area contributed by atoms with Gasteiger partial charge in [0.25, 0.3) is 5.56 Å². The summed E-state index contributed by atoms with van der Waals surface area (Å²) in [5, 5.41) is 4.66. The first kappa shape index (κ1) is 14.3. The van der Waals surface area contributed by atoms with Gasteiger partial charge in [-0.05, 0) is 48.6 Å². The number of hydrogen-bond donors (Lipinski definition) is 2. The molecule has 0 atom stereocenters. The zero-order valence-electron chi connectivity index (χ0n) is 12.9. The van der Waals surface area contributed by atoms with E-state index in [0.29, 0.717) is 18.0 Å². The summed E-state index contributed by atoms with van der Waals surface area (Å²) < 4.78 is 0. The summed E-state index contributed by atoms with van der Waals surface area (Å²) in [5.74, 6) is 0. The van der Waals surface area contributed by atoms with Crippen LogP contribution >= 0.6 is 0 Å². The predicted octanol–water partition coefficient (Wildman–Crippen LogP) is 3.59. The smallest absolute Gasteiger partial charge is 0.252 e. The van der Waals surface area contributed by atoms with Gasteiger partial charge in [0.1, 0.15) is 0 Å². The normalized spacial score (nSPS) is 19.0. The number of benzene rings is 1. The molecule has 2 aromatic rings. The Balaban J connectivity index is 1.68. The van der Waals surface area contributed by atoms with Crippen LogP contribution in [0.1, 0.15) is 45.1 Å². The topological polar surface area (TPSA) is 44.9 Å². The second-order valence-corrected chi connectivity index (χ2v) is 7.03. The summed E-state index contributed by atoms with van der Waals surface area (Å²) in [4.78, 5) is 15.1. The molecule has 0 aliphatic heterocycles. The fourth-order valence-corrected chi connectivity index (χ4v) is 3.18. The molecule has 1 aromatic heterocycles. The first-order valence-electron chi connectivity index (χ1n) is 7.88. The number of nitrogens with one attached hydrogen (secondary N) is 2. The van der Waals surface area contributed by atoms with E-state index < -0.39 is 0 Å². The van der Waals surface area contributed by atoms with Crippen LogP contribution in [0, 0.1) is 5.41 Å². The lowest BCUT2D eigenvalue weighted by atomic mass is 9.75. The third-order valence-corrected chi connectivity index (χ3v) is 4.75. The van der Waals surface area contributed by atoms with Crippen molar-refractivity contribution in [1.29, 1.82) is 0 Å². The Bertz CT molecular complexity index is 677. The lowest BCUT2D eigenvalue weighted by molar-refractivity contribution is 0.206. The van der Waals surface area contributed by atoms with Crippen LogP contribution in [0.5, 0.6) is 0 Å². The number of para-hydroxylation sites is 1. The van der Waals surface area contributed by atoms with Crippen molar-refractivity contribution in [3.63, 3.8) is 0 Å². The minimum absolute atomic E-state index is 0.0253. The summed E-state index contributed by atoms with van der Waals surface area (Å²) in [6, 6.07) is 10.5. The van der Waals surface area contributed by atoms with Crippen LogP contribution in [0.2, 0.25) is 0 Å². The van der Waals surface area contributed by atoms with Gasteiger partial charge in [-0.25, -0.2) is 0 Å². The van der Waals surface area contributed by atoms with E-state index in [0.717, 1.165) is 16.5 Å². The van der Waals surface area contributed by atoms with Crippen molar-refractivity contribution in [2.75, 3.05) is 0 Å². The molecule has 3 heteroatoms. The van der Waals surface area contributed by atoms with E-state index in [1.165, 1.54) is 25.7 Å². The highest BCUT2D eigenvalue weighted by molar-refractivity contribution is 5.78. The van der Waals surface area contributed by atoms with E-state index in [1.807, 2.05) is 30.3 Å². The van der Waals surface area contributed by atoms with E-state index in [-0.39, 0.29) is 5.56 Å². The lowest BCUT2D eigenvalue weighted by Crippen LogP contribution is -2.36. The maximum atomic E-state index is 12.1. The number of aromatic nitrogens is 1. The highest BCUT2D eigenvalue weighted by atomic mass is 16.1. The van der Waals surface area contributed by atoms with Crippen LogP contribution in [0.4, 0.5) is 0 Å². The van der Waals surface area contributed by atoms with Gasteiger partial charge in [0.2, 0.25) is 0 Å². The minimum Gasteiger partial charge on any atom is -0.322 e. The summed E-state index contributed by atoms with van der Waals surface area (Å²) in [7, 11) is 0. The fourth-order valence-electron chi connectivity index (χ4n) is 3.18. The monoisotopic (exact) mass is 284 g/mol. The zero-order chi connectivity index (χ0) is 14.9. The molecule has 0 saturated heterocycles. The molecule has 3 nitrogen and oxygen atoms in total. The summed E-state index contributed by atoms with van der Waals surface area (Å²) in [6.07, 6.45) is 4.94. The highest BCUT2D eigenvalue weighted by Gasteiger charge is 2.26. The van der Waals surface area contributed by atoms with Gasteiger partial charge in [0.05, 0.1) is 0 Å². The maximum absolute atomic E-state index is 12.1. The third-order valence-electron chi connectivity index (χ3n) is 4.75. The molecule has 1 fully saturated rings. The standard InChI is InChI=1S/C18H24N2O/c1-18(2)9-7-15(8-10-18)19-12-14-11-13-5-3-4-6-16(13)20-17(14)21/h3-6,11,15,19H,7-10,12H2,1-2H3,(H,20,21). The minimum atomic E-state index is 0.0253. The van der Waals surface area contributed by atoms with Crippen molar-refractivity contribution in [1.82, 2.24) is 10.3 Å². The van der Waals surface area contributed by atoms with Crippen LogP contribution in [-0.4, -0.2) is 11.0 Å². The molecule has 1 aromatic carbocycles. The molecule has 3 rings (SSSR count). The van der Waals surface area contributed by atoms with Gasteiger partial charge in [-0.15, -0.1) is 0 Å². The zero-order valence-corrected chi connectivity index (χ0v) is 12.9. The van der Waals surface area contributed by atoms with Crippen LogP contribution in [-0.2, 0) is 6.54 Å². The van der Waals surface area contributed by atoms with Gasteiger partial charge in [0, 0.05) is 23.7 Å². The van der Waals surface area contributed by atoms with Gasteiger partial charge < -0.3 is 10.3 Å². The largest absolute Gasteiger partial charge is 0.322 e. The van der Waals surface area contributed by atoms with E-state index in [9.17, 15) is 4.79 Å². The summed E-state index contributed by atoms with van der Waals surface area (Å²) >= 11 is 0. The number of fused-ring (bicyclic) bond motifs is 1. The Hall–Kier alpha value is -1.61. The van der Waals surface area contributed by atoms with Crippen molar-refractivity contribution in [3.05, 3.63) is 46.2 Å². The van der Waals surface area contributed by atoms with E-state index >= 15 is 0 Å². The number of pyridine rings is 1. The van der Waals surface area contributed by atoms with Gasteiger partial charge in [-0.3, -0.25) is 4.79 Å². The number of H-pyrrole nitrogens is 1. The van der Waals surface area contributed by atoms with Crippen LogP contribution in [0.3, 0.4) is 0 Å². The van der Waals surface area contributed by atoms with Crippen LogP contribution in [0.15, 0.2) is 35.1 Å². The molecule has 0 radical (unpaired) electrons. The molecule has 1 aliphatic rings. The summed E-state index contributed by atoms with van der Waals surface area (Å²) in [6.45, 7) is 5.35. The Kier molecular flexibility index (Phi) is 3.85. The third kappa shape index (κ3) is 3.35. The fraction of sp³-hybridized carbons (Fsp3) is 0.500. The van der Waals surface area contributed by atoms with Crippen molar-refractivity contribution in [3.8, 4) is 0 Å². The van der Waals surface area contributed by atoms with E-state index in [1.54, 1.807) is 0 Å². The highest BCUT2D eigenvalue weighted by Crippen LogP contribution is 2.35. The molecule has 0 spiro atoms. The van der Waals surface area contributed by atoms with Crippen LogP contribution in [0.25, 0.3) is 10.9 Å². The average Bonchev–Trinajstić information content (AvgIpc) is 2.46. The van der Waals surface area contributed by atoms with Gasteiger partial charge in [-0.2, -0.15) is 0 Å². The lowest BCUT2D eigenvalue weighted by Gasteiger charge is -2.34. The van der Waals surface area contributed by atoms with Gasteiger partial charge >= 0.3 is 0 Å². The van der Waals surface area contributed by atoms with Crippen molar-refractivity contribution in [2.45, 2.75) is 52.1 Å². The van der Waals surface area contributed by atoms with Crippen molar-refractivity contribution in [2.24, 2.45) is 5.41 Å². The molecule has 1 saturated carbocycles. The Labute approximate surface area is 125 Å². The van der Waals surface area contributed by atoms with Crippen molar-refractivity contribution < 1.29 is 0 Å². The SMILES string of the molecule is CC1(C)CCC(NCc2cc3ccccc3[nH]c2=O)CC1. The molecular weight excluding hydrogens is 260 g/mol. The Morgan fingerprint density at radius 3 is 2.71 bits per heavy atom. The molecule has 21 heavy (non-hydrogen) atoms. The van der Waals surface area contributed by atoms with Crippen LogP contribution < -0.4 is 10.9 Å². The molecule has 1 aliphatic carbocycles. The van der Waals surface area contributed by atoms with Gasteiger partial charge in [0.15, 0.2) is 0 Å². The molecular formula is C18H24N2O. The van der Waals surface area contributed by atoms with E-state index in [2.05, 4.69) is 24.1 Å². The second-order valence-electron chi connectivity index (χ2n) is 7.03. The van der Waals surface area contributed by atoms with Crippen molar-refractivity contribution >= 4 is 10.9 Å². The van der Waals surface area contributed by atoms with Gasteiger partial charge in [-0.1, -0.05) is 32.0 Å². The molecule has 0 unspecified atom stereocenters. The average molecular weight is 284 g/mol. The Morgan fingerprint density at radius 1 is 1.24 bits per heavy atom. The maximum Gasteiger partial charge on any atom is 0.252 e. The molecule has 112 valence electrons. The first-order valence-corrected chi connectivity index (χ1v) is 7.88. The molecule has 2 N–H and O–H groups in total. The number of aromatic amines is 1. The number of rotatable bonds is 3. The molecule has 1 heterocycles. The first-order chi connectivity index (χ1) is 10.0. The molecule has 0 bridgehead atoms. The summed E-state index contributed by atoms with van der Waals surface area (Å²) in [5.41, 5.74) is 2.25. The van der Waals surface area contributed by atoms with E-state index in [4.69, 9.17) is 0 Å². The molecule has 0 amide bonds. The quantitative estimate of drug-likeness (QED) is 0.904. The predicted molar refractivity (Wildman–Crippen MR) is 87.4 cm³/mol. The Morgan fingerprint density at radius 2 is 1.95 bits per heavy atom. The number of hydrogen-bond acceptors (Lipinski definition) is 2.